The highest BCUT2D eigenvalue weighted by Gasteiger charge is 2.30. The van der Waals surface area contributed by atoms with Crippen LogP contribution in [0.4, 0.5) is 4.79 Å². The van der Waals surface area contributed by atoms with Crippen LogP contribution in [-0.4, -0.2) is 63.0 Å². The minimum Gasteiger partial charge on any atom is -0.486 e. The highest BCUT2D eigenvalue weighted by Crippen LogP contribution is 2.32. The van der Waals surface area contributed by atoms with Crippen LogP contribution in [-0.2, 0) is 10.0 Å². The first-order valence-corrected chi connectivity index (χ1v) is 11.8. The predicted molar refractivity (Wildman–Crippen MR) is 116 cm³/mol. The summed E-state index contributed by atoms with van der Waals surface area (Å²) in [5.74, 6) is 1.39. The summed E-state index contributed by atoms with van der Waals surface area (Å²) in [6, 6.07) is 12.0. The van der Waals surface area contributed by atoms with Crippen LogP contribution >= 0.6 is 0 Å². The Kier molecular flexibility index (Phi) is 6.06. The summed E-state index contributed by atoms with van der Waals surface area (Å²) in [7, 11) is -3.55. The third-order valence-electron chi connectivity index (χ3n) is 5.59. The Labute approximate surface area is 182 Å². The van der Waals surface area contributed by atoms with Crippen molar-refractivity contribution in [2.24, 2.45) is 0 Å². The number of carbonyl (C=O) groups excluding carboxylic acids is 1. The van der Waals surface area contributed by atoms with Crippen LogP contribution in [0.3, 0.4) is 0 Å². The average molecular weight is 446 g/mol. The number of nitrogens with one attached hydrogen (secondary N) is 1. The lowest BCUT2D eigenvalue weighted by atomic mass is 10.1. The normalized spacial score (nSPS) is 17.8. The molecule has 1 N–H and O–H groups in total. The number of nitrogens with zero attached hydrogens (tertiary/aromatic N) is 2. The first kappa shape index (κ1) is 21.5. The van der Waals surface area contributed by atoms with Crippen molar-refractivity contribution in [3.8, 4) is 11.5 Å². The molecule has 0 aliphatic carbocycles. The quantitative estimate of drug-likeness (QED) is 0.781. The lowest BCUT2D eigenvalue weighted by molar-refractivity contribution is 0.168. The Morgan fingerprint density at radius 2 is 1.61 bits per heavy atom. The number of sulfonamides is 1. The number of aryl methyl sites for hydroxylation is 1. The van der Waals surface area contributed by atoms with Gasteiger partial charge in [-0.2, -0.15) is 4.31 Å². The third-order valence-corrected chi connectivity index (χ3v) is 7.50. The molecule has 4 rings (SSSR count). The molecular weight excluding hydrogens is 418 g/mol. The smallest absolute Gasteiger partial charge is 0.317 e. The van der Waals surface area contributed by atoms with Crippen LogP contribution in [0.5, 0.6) is 11.5 Å². The van der Waals surface area contributed by atoms with Gasteiger partial charge in [0, 0.05) is 26.2 Å². The van der Waals surface area contributed by atoms with E-state index in [1.165, 1.54) is 4.31 Å². The summed E-state index contributed by atoms with van der Waals surface area (Å²) in [5, 5.41) is 2.99. The fraction of sp³-hybridized carbons (Fsp3) is 0.409. The zero-order valence-electron chi connectivity index (χ0n) is 17.7. The largest absolute Gasteiger partial charge is 0.486 e. The standard InChI is InChI=1S/C22H27N3O5S/c1-16-3-6-19(7-4-16)31(27,28)25-11-9-24(10-12-25)22(26)23-17(2)18-5-8-20-21(15-18)30-14-13-29-20/h3-8,15,17H,9-14H2,1-2H3,(H,23,26)/t17-/m1/s1. The molecule has 0 spiro atoms. The van der Waals surface area contributed by atoms with Gasteiger partial charge in [0.05, 0.1) is 10.9 Å². The number of hydrogen-bond donors (Lipinski definition) is 1. The van der Waals surface area contributed by atoms with E-state index in [0.29, 0.717) is 37.8 Å². The highest BCUT2D eigenvalue weighted by atomic mass is 32.2. The van der Waals surface area contributed by atoms with Gasteiger partial charge in [0.15, 0.2) is 11.5 Å². The van der Waals surface area contributed by atoms with Crippen molar-refractivity contribution in [1.82, 2.24) is 14.5 Å². The number of amides is 2. The van der Waals surface area contributed by atoms with E-state index in [2.05, 4.69) is 5.32 Å². The van der Waals surface area contributed by atoms with Crippen LogP contribution in [0.25, 0.3) is 0 Å². The lowest BCUT2D eigenvalue weighted by Gasteiger charge is -2.34. The maximum Gasteiger partial charge on any atom is 0.317 e. The molecule has 2 heterocycles. The Morgan fingerprint density at radius 1 is 0.968 bits per heavy atom. The van der Waals surface area contributed by atoms with Crippen LogP contribution in [0, 0.1) is 6.92 Å². The van der Waals surface area contributed by atoms with Crippen LogP contribution < -0.4 is 14.8 Å². The van der Waals surface area contributed by atoms with Gasteiger partial charge in [0.1, 0.15) is 13.2 Å². The summed E-state index contributed by atoms with van der Waals surface area (Å²) >= 11 is 0. The first-order valence-electron chi connectivity index (χ1n) is 10.4. The second kappa shape index (κ2) is 8.76. The monoisotopic (exact) mass is 445 g/mol. The Bertz CT molecular complexity index is 1050. The molecule has 0 saturated carbocycles. The SMILES string of the molecule is Cc1ccc(S(=O)(=O)N2CCN(C(=O)N[C@H](C)c3ccc4c(c3)OCCO4)CC2)cc1. The number of benzene rings is 2. The molecular formula is C22H27N3O5S. The number of rotatable bonds is 4. The van der Waals surface area contributed by atoms with Crippen molar-refractivity contribution in [3.05, 3.63) is 53.6 Å². The molecule has 1 fully saturated rings. The first-order chi connectivity index (χ1) is 14.8. The van der Waals surface area contributed by atoms with Crippen molar-refractivity contribution in [2.45, 2.75) is 24.8 Å². The predicted octanol–water partition coefficient (Wildman–Crippen LogP) is 2.54. The van der Waals surface area contributed by atoms with Crippen LogP contribution in [0.1, 0.15) is 24.1 Å². The molecule has 2 amide bonds. The topological polar surface area (TPSA) is 88.2 Å². The van der Waals surface area contributed by atoms with Gasteiger partial charge in [0.25, 0.3) is 0 Å². The summed E-state index contributed by atoms with van der Waals surface area (Å²) in [6.07, 6.45) is 0. The number of piperazine rings is 1. The molecule has 1 saturated heterocycles. The summed E-state index contributed by atoms with van der Waals surface area (Å²) < 4.78 is 38.3. The molecule has 166 valence electrons. The minimum atomic E-state index is -3.55. The zero-order chi connectivity index (χ0) is 22.0. The van der Waals surface area contributed by atoms with E-state index in [9.17, 15) is 13.2 Å². The van der Waals surface area contributed by atoms with Crippen LogP contribution in [0.15, 0.2) is 47.4 Å². The molecule has 2 aromatic rings. The Balaban J connectivity index is 1.34. The molecule has 2 aromatic carbocycles. The molecule has 8 nitrogen and oxygen atoms in total. The van der Waals surface area contributed by atoms with E-state index in [1.54, 1.807) is 29.2 Å². The van der Waals surface area contributed by atoms with E-state index in [1.807, 2.05) is 32.0 Å². The highest BCUT2D eigenvalue weighted by molar-refractivity contribution is 7.89. The number of ether oxygens (including phenoxy) is 2. The molecule has 0 bridgehead atoms. The van der Waals surface area contributed by atoms with E-state index >= 15 is 0 Å². The molecule has 0 aromatic heterocycles. The number of carbonyl (C=O) groups is 1. The van der Waals surface area contributed by atoms with Crippen molar-refractivity contribution < 1.29 is 22.7 Å². The van der Waals surface area contributed by atoms with Gasteiger partial charge in [-0.25, -0.2) is 13.2 Å². The molecule has 0 unspecified atom stereocenters. The molecule has 2 aliphatic heterocycles. The molecule has 1 atom stereocenters. The van der Waals surface area contributed by atoms with Gasteiger partial charge in [0.2, 0.25) is 10.0 Å². The third kappa shape index (κ3) is 4.62. The second-order valence-corrected chi connectivity index (χ2v) is 9.72. The van der Waals surface area contributed by atoms with E-state index < -0.39 is 10.0 Å². The number of hydrogen-bond acceptors (Lipinski definition) is 5. The fourth-order valence-corrected chi connectivity index (χ4v) is 5.10. The maximum absolute atomic E-state index is 12.8. The van der Waals surface area contributed by atoms with Gasteiger partial charge >= 0.3 is 6.03 Å². The average Bonchev–Trinajstić information content (AvgIpc) is 2.79. The molecule has 9 heteroatoms. The van der Waals surface area contributed by atoms with Crippen molar-refractivity contribution in [1.29, 1.82) is 0 Å². The van der Waals surface area contributed by atoms with Gasteiger partial charge in [-0.15, -0.1) is 0 Å². The van der Waals surface area contributed by atoms with E-state index in [0.717, 1.165) is 11.1 Å². The van der Waals surface area contributed by atoms with Crippen molar-refractivity contribution >= 4 is 16.1 Å². The molecule has 2 aliphatic rings. The second-order valence-electron chi connectivity index (χ2n) is 7.78. The van der Waals surface area contributed by atoms with Crippen molar-refractivity contribution in [3.63, 3.8) is 0 Å². The minimum absolute atomic E-state index is 0.213. The summed E-state index contributed by atoms with van der Waals surface area (Å²) in [4.78, 5) is 14.7. The molecule has 31 heavy (non-hydrogen) atoms. The van der Waals surface area contributed by atoms with Gasteiger partial charge < -0.3 is 19.7 Å². The number of fused-ring (bicyclic) bond motifs is 1. The number of urea groups is 1. The Morgan fingerprint density at radius 3 is 2.29 bits per heavy atom. The Hall–Kier alpha value is -2.78. The maximum atomic E-state index is 12.8. The van der Waals surface area contributed by atoms with E-state index in [4.69, 9.17) is 9.47 Å². The molecule has 0 radical (unpaired) electrons. The van der Waals surface area contributed by atoms with Crippen molar-refractivity contribution in [2.75, 3.05) is 39.4 Å². The fourth-order valence-electron chi connectivity index (χ4n) is 3.68. The summed E-state index contributed by atoms with van der Waals surface area (Å²) in [5.41, 5.74) is 1.92. The van der Waals surface area contributed by atoms with Gasteiger partial charge in [-0.1, -0.05) is 23.8 Å². The van der Waals surface area contributed by atoms with Crippen LogP contribution in [0.2, 0.25) is 0 Å². The van der Waals surface area contributed by atoms with E-state index in [-0.39, 0.29) is 30.1 Å². The summed E-state index contributed by atoms with van der Waals surface area (Å²) in [6.45, 7) is 6.07. The van der Waals surface area contributed by atoms with Gasteiger partial charge in [-0.3, -0.25) is 0 Å². The zero-order valence-corrected chi connectivity index (χ0v) is 18.5. The van der Waals surface area contributed by atoms with Gasteiger partial charge in [-0.05, 0) is 43.7 Å². The lowest BCUT2D eigenvalue weighted by Crippen LogP contribution is -2.53.